The Balaban J connectivity index is 1.59. The highest BCUT2D eigenvalue weighted by Crippen LogP contribution is 2.27. The van der Waals surface area contributed by atoms with E-state index < -0.39 is 0 Å². The second-order valence-corrected chi connectivity index (χ2v) is 7.26. The molecule has 0 aliphatic carbocycles. The highest BCUT2D eigenvalue weighted by Gasteiger charge is 2.12. The topological polar surface area (TPSA) is 46.0 Å². The van der Waals surface area contributed by atoms with Gasteiger partial charge in [0.05, 0.1) is 12.7 Å². The van der Waals surface area contributed by atoms with Gasteiger partial charge < -0.3 is 19.4 Å². The Labute approximate surface area is 167 Å². The Morgan fingerprint density at radius 1 is 1.11 bits per heavy atom. The van der Waals surface area contributed by atoms with Gasteiger partial charge in [0.25, 0.3) is 5.91 Å². The van der Waals surface area contributed by atoms with Crippen molar-refractivity contribution >= 4 is 34.3 Å². The summed E-state index contributed by atoms with van der Waals surface area (Å²) in [6.07, 6.45) is 1.88. The maximum absolute atomic E-state index is 12.6. The molecule has 0 saturated heterocycles. The predicted molar refractivity (Wildman–Crippen MR) is 114 cm³/mol. The van der Waals surface area contributed by atoms with Gasteiger partial charge in [0, 0.05) is 31.0 Å². The number of nitrogens with one attached hydrogen (secondary N) is 1. The third-order valence-electron chi connectivity index (χ3n) is 4.73. The van der Waals surface area contributed by atoms with Crippen LogP contribution in [0, 0.1) is 0 Å². The van der Waals surface area contributed by atoms with Crippen LogP contribution in [-0.4, -0.2) is 24.5 Å². The van der Waals surface area contributed by atoms with E-state index in [2.05, 4.69) is 10.2 Å². The minimum absolute atomic E-state index is 0.0835. The average Bonchev–Trinajstić information content (AvgIpc) is 3.40. The first-order valence-corrected chi connectivity index (χ1v) is 9.88. The number of rotatable bonds is 6. The van der Waals surface area contributed by atoms with Crippen molar-refractivity contribution in [1.29, 1.82) is 0 Å². The van der Waals surface area contributed by atoms with Crippen molar-refractivity contribution in [2.24, 2.45) is 0 Å². The standard InChI is InChI=1S/C22H21N3O2S/c1-24(18-5-8-20(27-2)9-6-18)21-10-7-19-4-3-17(14-25(19)21)22(26)23-13-16-11-12-28-15-16/h3-12,14-15H,13H2,1-2H3,(H,23,26). The molecular formula is C22H21N3O2S. The smallest absolute Gasteiger partial charge is 0.253 e. The Hall–Kier alpha value is -3.25. The van der Waals surface area contributed by atoms with Crippen LogP contribution in [0.1, 0.15) is 15.9 Å². The fourth-order valence-electron chi connectivity index (χ4n) is 3.11. The molecule has 0 aliphatic rings. The number of carbonyl (C=O) groups excluding carboxylic acids is 1. The zero-order valence-electron chi connectivity index (χ0n) is 15.8. The number of hydrogen-bond donors (Lipinski definition) is 1. The van der Waals surface area contributed by atoms with Crippen molar-refractivity contribution in [2.75, 3.05) is 19.1 Å². The quantitative estimate of drug-likeness (QED) is 0.518. The fourth-order valence-corrected chi connectivity index (χ4v) is 3.78. The number of carbonyl (C=O) groups is 1. The molecule has 4 rings (SSSR count). The lowest BCUT2D eigenvalue weighted by Gasteiger charge is -2.20. The lowest BCUT2D eigenvalue weighted by molar-refractivity contribution is 0.0950. The Kier molecular flexibility index (Phi) is 5.04. The number of methoxy groups -OCH3 is 1. The first-order chi connectivity index (χ1) is 13.7. The van der Waals surface area contributed by atoms with Crippen molar-refractivity contribution in [1.82, 2.24) is 9.72 Å². The molecule has 0 aliphatic heterocycles. The number of hydrogen-bond acceptors (Lipinski definition) is 4. The van der Waals surface area contributed by atoms with Gasteiger partial charge in [-0.25, -0.2) is 0 Å². The van der Waals surface area contributed by atoms with E-state index >= 15 is 0 Å². The molecule has 3 heterocycles. The molecule has 0 radical (unpaired) electrons. The van der Waals surface area contributed by atoms with Gasteiger partial charge in [-0.15, -0.1) is 0 Å². The zero-order valence-corrected chi connectivity index (χ0v) is 16.6. The van der Waals surface area contributed by atoms with Gasteiger partial charge in [-0.3, -0.25) is 4.79 Å². The van der Waals surface area contributed by atoms with E-state index in [1.807, 2.05) is 83.0 Å². The van der Waals surface area contributed by atoms with Gasteiger partial charge in [-0.1, -0.05) is 0 Å². The number of pyridine rings is 1. The van der Waals surface area contributed by atoms with Crippen LogP contribution >= 0.6 is 11.3 Å². The maximum atomic E-state index is 12.6. The SMILES string of the molecule is COc1ccc(N(C)c2ccc3ccc(C(=O)NCc4ccsc4)cn23)cc1. The lowest BCUT2D eigenvalue weighted by atomic mass is 10.2. The molecule has 1 N–H and O–H groups in total. The zero-order chi connectivity index (χ0) is 19.5. The van der Waals surface area contributed by atoms with E-state index in [1.54, 1.807) is 18.4 Å². The molecule has 0 fully saturated rings. The van der Waals surface area contributed by atoms with Crippen LogP contribution in [-0.2, 0) is 6.54 Å². The predicted octanol–water partition coefficient (Wildman–Crippen LogP) is 4.71. The summed E-state index contributed by atoms with van der Waals surface area (Å²) >= 11 is 1.63. The third kappa shape index (κ3) is 3.59. The minimum Gasteiger partial charge on any atom is -0.497 e. The van der Waals surface area contributed by atoms with Crippen LogP contribution in [0.2, 0.25) is 0 Å². The van der Waals surface area contributed by atoms with Crippen LogP contribution < -0.4 is 15.0 Å². The maximum Gasteiger partial charge on any atom is 0.253 e. The summed E-state index contributed by atoms with van der Waals surface area (Å²) in [5, 5.41) is 7.03. The molecular weight excluding hydrogens is 370 g/mol. The first kappa shape index (κ1) is 18.1. The van der Waals surface area contributed by atoms with Crippen LogP contribution in [0.15, 0.2) is 71.6 Å². The number of ether oxygens (including phenoxy) is 1. The highest BCUT2D eigenvalue weighted by atomic mass is 32.1. The van der Waals surface area contributed by atoms with Gasteiger partial charge in [0.2, 0.25) is 0 Å². The first-order valence-electron chi connectivity index (χ1n) is 8.94. The van der Waals surface area contributed by atoms with Crippen molar-refractivity contribution in [2.45, 2.75) is 6.54 Å². The van der Waals surface area contributed by atoms with Crippen LogP contribution in [0.3, 0.4) is 0 Å². The van der Waals surface area contributed by atoms with E-state index in [1.165, 1.54) is 0 Å². The number of nitrogens with zero attached hydrogens (tertiary/aromatic N) is 2. The number of anilines is 2. The largest absolute Gasteiger partial charge is 0.497 e. The summed E-state index contributed by atoms with van der Waals surface area (Å²) in [6.45, 7) is 0.532. The Morgan fingerprint density at radius 3 is 2.61 bits per heavy atom. The van der Waals surface area contributed by atoms with Crippen molar-refractivity contribution < 1.29 is 9.53 Å². The van der Waals surface area contributed by atoms with Crippen LogP contribution in [0.5, 0.6) is 5.75 Å². The molecule has 0 bridgehead atoms. The van der Waals surface area contributed by atoms with E-state index in [0.29, 0.717) is 12.1 Å². The molecule has 1 aromatic carbocycles. The number of fused-ring (bicyclic) bond motifs is 1. The Bertz CT molecular complexity index is 1080. The number of amides is 1. The summed E-state index contributed by atoms with van der Waals surface area (Å²) < 4.78 is 7.27. The molecule has 5 nitrogen and oxygen atoms in total. The second kappa shape index (κ2) is 7.78. The second-order valence-electron chi connectivity index (χ2n) is 6.48. The molecule has 0 atom stereocenters. The molecule has 1 amide bonds. The fraction of sp³-hybridized carbons (Fsp3) is 0.136. The van der Waals surface area contributed by atoms with E-state index in [9.17, 15) is 4.79 Å². The molecule has 28 heavy (non-hydrogen) atoms. The molecule has 0 spiro atoms. The van der Waals surface area contributed by atoms with Crippen LogP contribution in [0.25, 0.3) is 5.52 Å². The van der Waals surface area contributed by atoms with Gasteiger partial charge in [-0.05, 0) is 70.9 Å². The molecule has 142 valence electrons. The molecule has 0 saturated carbocycles. The monoisotopic (exact) mass is 391 g/mol. The summed E-state index contributed by atoms with van der Waals surface area (Å²) in [4.78, 5) is 14.7. The van der Waals surface area contributed by atoms with Gasteiger partial charge in [-0.2, -0.15) is 11.3 Å². The molecule has 0 unspecified atom stereocenters. The van der Waals surface area contributed by atoms with Gasteiger partial charge in [0.1, 0.15) is 11.6 Å². The van der Waals surface area contributed by atoms with Gasteiger partial charge in [0.15, 0.2) is 0 Å². The van der Waals surface area contributed by atoms with E-state index in [0.717, 1.165) is 28.3 Å². The number of aromatic nitrogens is 1. The summed E-state index contributed by atoms with van der Waals surface area (Å²) in [6, 6.07) is 17.8. The summed E-state index contributed by atoms with van der Waals surface area (Å²) in [7, 11) is 3.66. The highest BCUT2D eigenvalue weighted by molar-refractivity contribution is 7.07. The Morgan fingerprint density at radius 2 is 1.89 bits per heavy atom. The molecule has 6 heteroatoms. The third-order valence-corrected chi connectivity index (χ3v) is 5.46. The number of benzene rings is 1. The summed E-state index contributed by atoms with van der Waals surface area (Å²) in [5.74, 6) is 1.72. The van der Waals surface area contributed by atoms with Crippen molar-refractivity contribution in [3.05, 3.63) is 82.7 Å². The molecule has 4 aromatic rings. The van der Waals surface area contributed by atoms with Crippen LogP contribution in [0.4, 0.5) is 11.5 Å². The normalized spacial score (nSPS) is 10.8. The lowest BCUT2D eigenvalue weighted by Crippen LogP contribution is -2.23. The molecule has 3 aromatic heterocycles. The number of thiophene rings is 1. The van der Waals surface area contributed by atoms with Crippen molar-refractivity contribution in [3.63, 3.8) is 0 Å². The van der Waals surface area contributed by atoms with Gasteiger partial charge >= 0.3 is 0 Å². The summed E-state index contributed by atoms with van der Waals surface area (Å²) in [5.41, 5.74) is 3.81. The van der Waals surface area contributed by atoms with E-state index in [4.69, 9.17) is 4.74 Å². The average molecular weight is 391 g/mol. The van der Waals surface area contributed by atoms with Crippen molar-refractivity contribution in [3.8, 4) is 5.75 Å². The minimum atomic E-state index is -0.0835. The van der Waals surface area contributed by atoms with E-state index in [-0.39, 0.29) is 5.91 Å².